The first-order valence-electron chi connectivity index (χ1n) is 7.36. The second kappa shape index (κ2) is 7.50. The van der Waals surface area contributed by atoms with E-state index < -0.39 is 0 Å². The summed E-state index contributed by atoms with van der Waals surface area (Å²) in [6.07, 6.45) is 1.14. The van der Waals surface area contributed by atoms with Gasteiger partial charge in [-0.2, -0.15) is 0 Å². The fourth-order valence-electron chi connectivity index (χ4n) is 2.59. The van der Waals surface area contributed by atoms with E-state index in [1.54, 1.807) is 7.11 Å². The summed E-state index contributed by atoms with van der Waals surface area (Å²) in [7, 11) is 1.69. The largest absolute Gasteiger partial charge is 0.493 e. The third-order valence-corrected chi connectivity index (χ3v) is 3.85. The highest BCUT2D eigenvalue weighted by Gasteiger charge is 2.22. The number of rotatable bonds is 7. The molecule has 1 aliphatic heterocycles. The van der Waals surface area contributed by atoms with Crippen LogP contribution in [0.25, 0.3) is 0 Å². The van der Waals surface area contributed by atoms with Gasteiger partial charge in [0.25, 0.3) is 0 Å². The minimum Gasteiger partial charge on any atom is -0.493 e. The topological polar surface area (TPSA) is 39.7 Å². The number of benzene rings is 1. The molecule has 1 N–H and O–H groups in total. The van der Waals surface area contributed by atoms with E-state index in [0.717, 1.165) is 43.2 Å². The molecule has 20 heavy (non-hydrogen) atoms. The zero-order chi connectivity index (χ0) is 14.4. The number of hydrogen-bond acceptors (Lipinski definition) is 4. The maximum atomic E-state index is 5.60. The van der Waals surface area contributed by atoms with Gasteiger partial charge >= 0.3 is 0 Å². The summed E-state index contributed by atoms with van der Waals surface area (Å²) in [4.78, 5) is 0. The predicted octanol–water partition coefficient (Wildman–Crippen LogP) is 2.61. The van der Waals surface area contributed by atoms with Crippen LogP contribution in [-0.4, -0.2) is 33.0 Å². The van der Waals surface area contributed by atoms with Crippen LogP contribution in [0.1, 0.15) is 25.8 Å². The van der Waals surface area contributed by atoms with Crippen molar-refractivity contribution in [1.29, 1.82) is 0 Å². The monoisotopic (exact) mass is 279 g/mol. The third-order valence-electron chi connectivity index (χ3n) is 3.85. The lowest BCUT2D eigenvalue weighted by Crippen LogP contribution is -2.33. The van der Waals surface area contributed by atoms with Gasteiger partial charge < -0.3 is 19.5 Å². The highest BCUT2D eigenvalue weighted by Crippen LogP contribution is 2.31. The molecular weight excluding hydrogens is 254 g/mol. The van der Waals surface area contributed by atoms with E-state index in [4.69, 9.17) is 14.2 Å². The Morgan fingerprint density at radius 2 is 2.30 bits per heavy atom. The number of para-hydroxylation sites is 1. The number of methoxy groups -OCH3 is 1. The lowest BCUT2D eigenvalue weighted by atomic mass is 10.0. The van der Waals surface area contributed by atoms with Crippen molar-refractivity contribution in [3.63, 3.8) is 0 Å². The van der Waals surface area contributed by atoms with Gasteiger partial charge in [0, 0.05) is 24.8 Å². The zero-order valence-corrected chi connectivity index (χ0v) is 12.6. The molecule has 1 heterocycles. The summed E-state index contributed by atoms with van der Waals surface area (Å²) in [5.74, 6) is 2.25. The Hall–Kier alpha value is -1.26. The average Bonchev–Trinajstić information content (AvgIpc) is 2.99. The van der Waals surface area contributed by atoms with E-state index in [1.807, 2.05) is 19.1 Å². The lowest BCUT2D eigenvalue weighted by Gasteiger charge is -2.20. The summed E-state index contributed by atoms with van der Waals surface area (Å²) >= 11 is 0. The summed E-state index contributed by atoms with van der Waals surface area (Å²) < 4.78 is 16.5. The first kappa shape index (κ1) is 15.1. The van der Waals surface area contributed by atoms with Crippen LogP contribution in [0.5, 0.6) is 11.5 Å². The van der Waals surface area contributed by atoms with Crippen LogP contribution in [0.4, 0.5) is 0 Å². The Kier molecular flexibility index (Phi) is 5.68. The molecule has 1 aliphatic rings. The molecule has 0 saturated carbocycles. The number of ether oxygens (including phenoxy) is 3. The Morgan fingerprint density at radius 3 is 2.95 bits per heavy atom. The SMILES string of the molecule is CCOc1cccc(CNC(C)C2CCOC2)c1OC. The molecule has 0 radical (unpaired) electrons. The summed E-state index contributed by atoms with van der Waals surface area (Å²) in [6.45, 7) is 7.37. The number of hydrogen-bond donors (Lipinski definition) is 1. The van der Waals surface area contributed by atoms with Crippen molar-refractivity contribution in [1.82, 2.24) is 5.32 Å². The van der Waals surface area contributed by atoms with Crippen molar-refractivity contribution in [2.45, 2.75) is 32.9 Å². The van der Waals surface area contributed by atoms with E-state index in [1.165, 1.54) is 0 Å². The second-order valence-electron chi connectivity index (χ2n) is 5.17. The van der Waals surface area contributed by atoms with Crippen LogP contribution >= 0.6 is 0 Å². The molecule has 0 bridgehead atoms. The van der Waals surface area contributed by atoms with Gasteiger partial charge in [-0.25, -0.2) is 0 Å². The predicted molar refractivity (Wildman–Crippen MR) is 79.4 cm³/mol. The van der Waals surface area contributed by atoms with E-state index in [-0.39, 0.29) is 0 Å². The van der Waals surface area contributed by atoms with Crippen molar-refractivity contribution < 1.29 is 14.2 Å². The summed E-state index contributed by atoms with van der Waals surface area (Å²) in [5, 5.41) is 3.57. The van der Waals surface area contributed by atoms with Gasteiger partial charge in [0.15, 0.2) is 11.5 Å². The minimum absolute atomic E-state index is 0.443. The summed E-state index contributed by atoms with van der Waals surface area (Å²) in [5.41, 5.74) is 1.13. The molecule has 2 rings (SSSR count). The standard InChI is InChI=1S/C16H25NO3/c1-4-20-15-7-5-6-13(16(15)18-3)10-17-12(2)14-8-9-19-11-14/h5-7,12,14,17H,4,8-11H2,1-3H3. The molecule has 4 heteroatoms. The van der Waals surface area contributed by atoms with Crippen LogP contribution in [-0.2, 0) is 11.3 Å². The van der Waals surface area contributed by atoms with Crippen molar-refractivity contribution in [2.24, 2.45) is 5.92 Å². The maximum absolute atomic E-state index is 5.60. The van der Waals surface area contributed by atoms with Crippen molar-refractivity contribution >= 4 is 0 Å². The molecule has 0 aromatic heterocycles. The van der Waals surface area contributed by atoms with Gasteiger partial charge in [0.2, 0.25) is 0 Å². The molecule has 4 nitrogen and oxygen atoms in total. The van der Waals surface area contributed by atoms with Crippen LogP contribution in [0, 0.1) is 5.92 Å². The van der Waals surface area contributed by atoms with Crippen LogP contribution in [0.3, 0.4) is 0 Å². The Labute approximate surface area is 121 Å². The number of nitrogens with one attached hydrogen (secondary N) is 1. The van der Waals surface area contributed by atoms with Gasteiger partial charge in [-0.1, -0.05) is 12.1 Å². The van der Waals surface area contributed by atoms with E-state index in [0.29, 0.717) is 18.6 Å². The quantitative estimate of drug-likeness (QED) is 0.833. The van der Waals surface area contributed by atoms with E-state index in [2.05, 4.69) is 18.3 Å². The minimum atomic E-state index is 0.443. The molecule has 0 amide bonds. The molecule has 0 aliphatic carbocycles. The van der Waals surface area contributed by atoms with Gasteiger partial charge in [0.1, 0.15) is 0 Å². The maximum Gasteiger partial charge on any atom is 0.165 e. The second-order valence-corrected chi connectivity index (χ2v) is 5.17. The van der Waals surface area contributed by atoms with Crippen LogP contribution in [0.15, 0.2) is 18.2 Å². The van der Waals surface area contributed by atoms with Crippen molar-refractivity contribution in [3.05, 3.63) is 23.8 Å². The van der Waals surface area contributed by atoms with E-state index >= 15 is 0 Å². The Morgan fingerprint density at radius 1 is 1.45 bits per heavy atom. The van der Waals surface area contributed by atoms with Crippen LogP contribution < -0.4 is 14.8 Å². The molecule has 1 aromatic rings. The molecule has 1 fully saturated rings. The fourth-order valence-corrected chi connectivity index (χ4v) is 2.59. The molecule has 2 unspecified atom stereocenters. The molecular formula is C16H25NO3. The van der Waals surface area contributed by atoms with Gasteiger partial charge in [-0.3, -0.25) is 0 Å². The van der Waals surface area contributed by atoms with Crippen molar-refractivity contribution in [3.8, 4) is 11.5 Å². The lowest BCUT2D eigenvalue weighted by molar-refractivity contribution is 0.178. The normalized spacial score (nSPS) is 19.9. The molecule has 0 spiro atoms. The smallest absolute Gasteiger partial charge is 0.165 e. The molecule has 2 atom stereocenters. The average molecular weight is 279 g/mol. The molecule has 1 saturated heterocycles. The molecule has 1 aromatic carbocycles. The molecule has 112 valence electrons. The first-order valence-corrected chi connectivity index (χ1v) is 7.36. The zero-order valence-electron chi connectivity index (χ0n) is 12.6. The third kappa shape index (κ3) is 3.64. The van der Waals surface area contributed by atoms with Gasteiger partial charge in [-0.15, -0.1) is 0 Å². The fraction of sp³-hybridized carbons (Fsp3) is 0.625. The Bertz CT molecular complexity index is 416. The Balaban J connectivity index is 1.99. The first-order chi connectivity index (χ1) is 9.76. The van der Waals surface area contributed by atoms with E-state index in [9.17, 15) is 0 Å². The summed E-state index contributed by atoms with van der Waals surface area (Å²) in [6, 6.07) is 6.47. The van der Waals surface area contributed by atoms with Gasteiger partial charge in [-0.05, 0) is 32.3 Å². The highest BCUT2D eigenvalue weighted by atomic mass is 16.5. The van der Waals surface area contributed by atoms with Crippen molar-refractivity contribution in [2.75, 3.05) is 26.9 Å². The highest BCUT2D eigenvalue weighted by molar-refractivity contribution is 5.46. The van der Waals surface area contributed by atoms with Gasteiger partial charge in [0.05, 0.1) is 20.3 Å². The van der Waals surface area contributed by atoms with Crippen LogP contribution in [0.2, 0.25) is 0 Å².